The summed E-state index contributed by atoms with van der Waals surface area (Å²) >= 11 is 13.4. The number of benzene rings is 1. The first kappa shape index (κ1) is 15.0. The van der Waals surface area contributed by atoms with Crippen LogP contribution in [0, 0.1) is 11.3 Å². The van der Waals surface area contributed by atoms with Gasteiger partial charge in [0.2, 0.25) is 0 Å². The lowest BCUT2D eigenvalue weighted by molar-refractivity contribution is 0.415. The Bertz CT molecular complexity index is 671. The molecule has 0 saturated carbocycles. The normalized spacial score (nSPS) is 10.1. The average molecular weight is 325 g/mol. The van der Waals surface area contributed by atoms with Crippen molar-refractivity contribution in [1.82, 2.24) is 4.98 Å². The van der Waals surface area contributed by atoms with E-state index in [2.05, 4.69) is 4.98 Å². The van der Waals surface area contributed by atoms with E-state index in [1.54, 1.807) is 19.2 Å². The van der Waals surface area contributed by atoms with Crippen molar-refractivity contribution in [2.24, 2.45) is 0 Å². The first-order valence-corrected chi connectivity index (χ1v) is 7.40. The van der Waals surface area contributed by atoms with Gasteiger partial charge in [-0.05, 0) is 29.8 Å². The smallest absolute Gasteiger partial charge is 0.160 e. The number of thioether (sulfide) groups is 1. The second-order valence-corrected chi connectivity index (χ2v) is 5.66. The molecule has 0 aliphatic heterocycles. The van der Waals surface area contributed by atoms with Gasteiger partial charge in [0.05, 0.1) is 22.2 Å². The summed E-state index contributed by atoms with van der Waals surface area (Å²) in [6.45, 7) is 0. The van der Waals surface area contributed by atoms with Crippen LogP contribution < -0.4 is 4.74 Å². The van der Waals surface area contributed by atoms with Crippen LogP contribution in [-0.2, 0) is 5.75 Å². The zero-order chi connectivity index (χ0) is 14.5. The molecule has 102 valence electrons. The Morgan fingerprint density at radius 2 is 2.05 bits per heavy atom. The molecule has 0 bridgehead atoms. The summed E-state index contributed by atoms with van der Waals surface area (Å²) in [5.74, 6) is 1.35. The van der Waals surface area contributed by atoms with Crippen LogP contribution >= 0.6 is 35.0 Å². The summed E-state index contributed by atoms with van der Waals surface area (Å²) in [7, 11) is 1.58. The van der Waals surface area contributed by atoms with E-state index >= 15 is 0 Å². The van der Waals surface area contributed by atoms with Crippen molar-refractivity contribution in [1.29, 1.82) is 5.26 Å². The fraction of sp³-hybridized carbons (Fsp3) is 0.143. The van der Waals surface area contributed by atoms with Crippen molar-refractivity contribution in [2.75, 3.05) is 7.11 Å². The van der Waals surface area contributed by atoms with Gasteiger partial charge in [-0.2, -0.15) is 5.26 Å². The number of pyridine rings is 1. The van der Waals surface area contributed by atoms with Gasteiger partial charge in [0.15, 0.2) is 5.69 Å². The van der Waals surface area contributed by atoms with Gasteiger partial charge in [-0.15, -0.1) is 11.8 Å². The number of rotatable bonds is 4. The molecule has 0 fully saturated rings. The Hall–Kier alpha value is -1.41. The van der Waals surface area contributed by atoms with Crippen LogP contribution in [0.1, 0.15) is 11.3 Å². The first-order valence-electron chi connectivity index (χ1n) is 5.66. The molecule has 0 amide bonds. The maximum atomic E-state index is 8.88. The summed E-state index contributed by atoms with van der Waals surface area (Å²) in [6.07, 6.45) is 0. The molecular formula is C14H10Cl2N2OS. The average Bonchev–Trinajstić information content (AvgIpc) is 2.46. The van der Waals surface area contributed by atoms with Crippen molar-refractivity contribution < 1.29 is 4.74 Å². The van der Waals surface area contributed by atoms with E-state index in [-0.39, 0.29) is 5.69 Å². The van der Waals surface area contributed by atoms with Gasteiger partial charge in [-0.25, -0.2) is 4.98 Å². The van der Waals surface area contributed by atoms with Crippen LogP contribution in [0.3, 0.4) is 0 Å². The minimum atomic E-state index is 0.240. The van der Waals surface area contributed by atoms with Gasteiger partial charge in [-0.3, -0.25) is 0 Å². The van der Waals surface area contributed by atoms with Crippen LogP contribution in [-0.4, -0.2) is 12.1 Å². The van der Waals surface area contributed by atoms with Crippen LogP contribution in [0.5, 0.6) is 5.75 Å². The first-order chi connectivity index (χ1) is 9.63. The molecule has 0 spiro atoms. The number of nitriles is 1. The quantitative estimate of drug-likeness (QED) is 0.773. The van der Waals surface area contributed by atoms with Gasteiger partial charge in [-0.1, -0.05) is 29.3 Å². The third-order valence-electron chi connectivity index (χ3n) is 2.53. The SMILES string of the molecule is COc1ccc(CSc2ccc(Cl)c(C#N)n2)cc1Cl. The molecule has 2 aromatic rings. The lowest BCUT2D eigenvalue weighted by Gasteiger charge is -2.06. The van der Waals surface area contributed by atoms with Crippen LogP contribution in [0.15, 0.2) is 35.4 Å². The molecule has 6 heteroatoms. The molecule has 1 aromatic heterocycles. The number of methoxy groups -OCH3 is 1. The number of hydrogen-bond donors (Lipinski definition) is 0. The number of ether oxygens (including phenoxy) is 1. The topological polar surface area (TPSA) is 45.9 Å². The van der Waals surface area contributed by atoms with Crippen molar-refractivity contribution >= 4 is 35.0 Å². The van der Waals surface area contributed by atoms with E-state index < -0.39 is 0 Å². The van der Waals surface area contributed by atoms with Gasteiger partial charge in [0.25, 0.3) is 0 Å². The van der Waals surface area contributed by atoms with Crippen molar-refractivity contribution in [3.8, 4) is 11.8 Å². The Labute approximate surface area is 131 Å². The summed E-state index contributed by atoms with van der Waals surface area (Å²) in [6, 6.07) is 11.1. The molecule has 0 atom stereocenters. The van der Waals surface area contributed by atoms with E-state index in [0.717, 1.165) is 10.6 Å². The number of halogens is 2. The third kappa shape index (κ3) is 3.57. The predicted molar refractivity (Wildman–Crippen MR) is 81.5 cm³/mol. The minimum absolute atomic E-state index is 0.240. The Morgan fingerprint density at radius 3 is 2.70 bits per heavy atom. The highest BCUT2D eigenvalue weighted by atomic mass is 35.5. The maximum Gasteiger partial charge on any atom is 0.160 e. The zero-order valence-corrected chi connectivity index (χ0v) is 12.9. The minimum Gasteiger partial charge on any atom is -0.495 e. The van der Waals surface area contributed by atoms with E-state index in [4.69, 9.17) is 33.2 Å². The van der Waals surface area contributed by atoms with Crippen molar-refractivity contribution in [3.05, 3.63) is 51.6 Å². The number of nitrogens with zero attached hydrogens (tertiary/aromatic N) is 2. The number of aromatic nitrogens is 1. The van der Waals surface area contributed by atoms with Crippen molar-refractivity contribution in [2.45, 2.75) is 10.8 Å². The van der Waals surface area contributed by atoms with Gasteiger partial charge in [0, 0.05) is 5.75 Å². The van der Waals surface area contributed by atoms with E-state index in [1.807, 2.05) is 24.3 Å². The Balaban J connectivity index is 2.09. The van der Waals surface area contributed by atoms with Crippen LogP contribution in [0.25, 0.3) is 0 Å². The Morgan fingerprint density at radius 1 is 1.25 bits per heavy atom. The lowest BCUT2D eigenvalue weighted by Crippen LogP contribution is -1.89. The highest BCUT2D eigenvalue weighted by molar-refractivity contribution is 7.98. The van der Waals surface area contributed by atoms with Crippen LogP contribution in [0.4, 0.5) is 0 Å². The van der Waals surface area contributed by atoms with E-state index in [1.165, 1.54) is 11.8 Å². The molecule has 0 N–H and O–H groups in total. The lowest BCUT2D eigenvalue weighted by atomic mass is 10.2. The monoisotopic (exact) mass is 324 g/mol. The summed E-state index contributed by atoms with van der Waals surface area (Å²) in [5, 5.41) is 10.6. The standard InChI is InChI=1S/C14H10Cl2N2OS/c1-19-13-4-2-9(6-11(13)16)8-20-14-5-3-10(15)12(7-17)18-14/h2-6H,8H2,1H3. The molecule has 2 rings (SSSR count). The molecule has 0 unspecified atom stereocenters. The molecule has 1 aromatic carbocycles. The second-order valence-electron chi connectivity index (χ2n) is 3.85. The molecule has 0 aliphatic carbocycles. The highest BCUT2D eigenvalue weighted by Crippen LogP contribution is 2.29. The van der Waals surface area contributed by atoms with Crippen molar-refractivity contribution in [3.63, 3.8) is 0 Å². The molecule has 0 radical (unpaired) electrons. The second kappa shape index (κ2) is 6.85. The molecule has 1 heterocycles. The summed E-state index contributed by atoms with van der Waals surface area (Å²) in [4.78, 5) is 4.17. The van der Waals surface area contributed by atoms with E-state index in [0.29, 0.717) is 21.5 Å². The maximum absolute atomic E-state index is 8.88. The zero-order valence-electron chi connectivity index (χ0n) is 10.6. The molecular weight excluding hydrogens is 315 g/mol. The molecule has 20 heavy (non-hydrogen) atoms. The fourth-order valence-electron chi connectivity index (χ4n) is 1.54. The molecule has 0 aliphatic rings. The van der Waals surface area contributed by atoms with Crippen LogP contribution in [0.2, 0.25) is 10.0 Å². The molecule has 3 nitrogen and oxygen atoms in total. The summed E-state index contributed by atoms with van der Waals surface area (Å²) in [5.41, 5.74) is 1.29. The van der Waals surface area contributed by atoms with Gasteiger partial charge in [0.1, 0.15) is 11.8 Å². The molecule has 0 saturated heterocycles. The van der Waals surface area contributed by atoms with Gasteiger partial charge < -0.3 is 4.74 Å². The summed E-state index contributed by atoms with van der Waals surface area (Å²) < 4.78 is 5.10. The third-order valence-corrected chi connectivity index (χ3v) is 4.13. The number of hydrogen-bond acceptors (Lipinski definition) is 4. The largest absolute Gasteiger partial charge is 0.495 e. The Kier molecular flexibility index (Phi) is 5.13. The fourth-order valence-corrected chi connectivity index (χ4v) is 2.78. The predicted octanol–water partition coefficient (Wildman–Crippen LogP) is 4.56. The highest BCUT2D eigenvalue weighted by Gasteiger charge is 2.06. The van der Waals surface area contributed by atoms with Gasteiger partial charge >= 0.3 is 0 Å². The van der Waals surface area contributed by atoms with E-state index in [9.17, 15) is 0 Å².